The van der Waals surface area contributed by atoms with E-state index in [-0.39, 0.29) is 0 Å². The molecular formula is C9H22N2O2Si2. The molecule has 0 saturated heterocycles. The van der Waals surface area contributed by atoms with Crippen LogP contribution < -0.4 is 0 Å². The van der Waals surface area contributed by atoms with Crippen LogP contribution in [0.4, 0.5) is 0 Å². The summed E-state index contributed by atoms with van der Waals surface area (Å²) in [7, 11) is -3.04. The van der Waals surface area contributed by atoms with E-state index in [2.05, 4.69) is 49.6 Å². The highest BCUT2D eigenvalue weighted by molar-refractivity contribution is 6.70. The van der Waals surface area contributed by atoms with Gasteiger partial charge < -0.3 is 9.05 Å². The Kier molecular flexibility index (Phi) is 5.81. The van der Waals surface area contributed by atoms with Crippen molar-refractivity contribution in [2.24, 2.45) is 10.3 Å². The minimum Gasteiger partial charge on any atom is -0.456 e. The van der Waals surface area contributed by atoms with Crippen molar-refractivity contribution < 1.29 is 9.05 Å². The highest BCUT2D eigenvalue weighted by Crippen LogP contribution is 2.02. The van der Waals surface area contributed by atoms with E-state index in [1.54, 1.807) is 12.4 Å². The first-order valence-electron chi connectivity index (χ1n) is 5.11. The number of hydrogen-bond acceptors (Lipinski definition) is 4. The molecule has 15 heavy (non-hydrogen) atoms. The van der Waals surface area contributed by atoms with E-state index >= 15 is 0 Å². The minimum absolute atomic E-state index is 0.648. The van der Waals surface area contributed by atoms with Crippen LogP contribution in [-0.2, 0) is 9.05 Å². The van der Waals surface area contributed by atoms with Crippen molar-refractivity contribution >= 4 is 29.1 Å². The van der Waals surface area contributed by atoms with Crippen LogP contribution in [0.25, 0.3) is 0 Å². The monoisotopic (exact) mass is 246 g/mol. The molecule has 0 aliphatic heterocycles. The fourth-order valence-corrected chi connectivity index (χ4v) is 1.31. The fraction of sp³-hybridized carbons (Fsp3) is 0.778. The highest BCUT2D eigenvalue weighted by Gasteiger charge is 2.15. The van der Waals surface area contributed by atoms with Crippen LogP contribution in [0, 0.1) is 0 Å². The lowest BCUT2D eigenvalue weighted by molar-refractivity contribution is 0.335. The van der Waals surface area contributed by atoms with Crippen LogP contribution in [-0.4, -0.2) is 29.1 Å². The third-order valence-corrected chi connectivity index (χ3v) is 2.32. The molecule has 0 N–H and O–H groups in total. The second-order valence-corrected chi connectivity index (χ2v) is 14.0. The number of oxime groups is 2. The van der Waals surface area contributed by atoms with Gasteiger partial charge in [0.15, 0.2) is 0 Å². The maximum Gasteiger partial charge on any atom is 0.278 e. The molecule has 0 atom stereocenters. The third kappa shape index (κ3) is 13.4. The summed E-state index contributed by atoms with van der Waals surface area (Å²) in [5.74, 6) is 0. The van der Waals surface area contributed by atoms with Gasteiger partial charge in [-0.05, 0) is 39.3 Å². The van der Waals surface area contributed by atoms with Crippen LogP contribution in [0.1, 0.15) is 6.42 Å². The lowest BCUT2D eigenvalue weighted by Crippen LogP contribution is -2.22. The van der Waals surface area contributed by atoms with E-state index in [9.17, 15) is 0 Å². The molecule has 0 aliphatic carbocycles. The van der Waals surface area contributed by atoms with Crippen molar-refractivity contribution in [2.75, 3.05) is 0 Å². The first-order chi connectivity index (χ1) is 6.71. The summed E-state index contributed by atoms with van der Waals surface area (Å²) < 4.78 is 10.6. The maximum absolute atomic E-state index is 5.29. The number of rotatable bonds is 6. The summed E-state index contributed by atoms with van der Waals surface area (Å²) >= 11 is 0. The van der Waals surface area contributed by atoms with Gasteiger partial charge in [0, 0.05) is 18.9 Å². The van der Waals surface area contributed by atoms with Crippen LogP contribution in [0.3, 0.4) is 0 Å². The summed E-state index contributed by atoms with van der Waals surface area (Å²) in [5.41, 5.74) is 0. The summed E-state index contributed by atoms with van der Waals surface area (Å²) in [4.78, 5) is 0. The van der Waals surface area contributed by atoms with Crippen molar-refractivity contribution in [3.05, 3.63) is 0 Å². The molecule has 0 heterocycles. The Morgan fingerprint density at radius 3 is 1.40 bits per heavy atom. The zero-order chi connectivity index (χ0) is 11.9. The smallest absolute Gasteiger partial charge is 0.278 e. The molecule has 0 amide bonds. The van der Waals surface area contributed by atoms with Gasteiger partial charge in [-0.15, -0.1) is 10.3 Å². The normalized spacial score (nSPS) is 13.7. The van der Waals surface area contributed by atoms with Crippen LogP contribution >= 0.6 is 0 Å². The molecule has 0 aromatic rings. The zero-order valence-corrected chi connectivity index (χ0v) is 12.6. The summed E-state index contributed by atoms with van der Waals surface area (Å²) in [6.07, 6.45) is 4.06. The van der Waals surface area contributed by atoms with Crippen LogP contribution in [0.15, 0.2) is 10.3 Å². The summed E-state index contributed by atoms with van der Waals surface area (Å²) in [6.45, 7) is 12.5. The zero-order valence-electron chi connectivity index (χ0n) is 10.6. The Morgan fingerprint density at radius 1 is 0.800 bits per heavy atom. The standard InChI is InChI=1S/C9H22N2O2Si2/c1-14(2,3)12-10-8-7-9-11-13-15(4,5)6/h8-9H,7H2,1-6H3. The Morgan fingerprint density at radius 2 is 1.13 bits per heavy atom. The van der Waals surface area contributed by atoms with Gasteiger partial charge >= 0.3 is 0 Å². The van der Waals surface area contributed by atoms with E-state index < -0.39 is 16.6 Å². The first kappa shape index (κ1) is 14.4. The molecule has 0 unspecified atom stereocenters. The number of nitrogens with zero attached hydrogens (tertiary/aromatic N) is 2. The lowest BCUT2D eigenvalue weighted by Gasteiger charge is -2.12. The largest absolute Gasteiger partial charge is 0.456 e. The molecule has 0 aromatic heterocycles. The Hall–Kier alpha value is -0.626. The van der Waals surface area contributed by atoms with Gasteiger partial charge in [0.2, 0.25) is 0 Å². The topological polar surface area (TPSA) is 43.2 Å². The molecule has 0 aromatic carbocycles. The second-order valence-electron chi connectivity index (χ2n) is 5.22. The van der Waals surface area contributed by atoms with Crippen molar-refractivity contribution in [1.82, 2.24) is 0 Å². The maximum atomic E-state index is 5.29. The molecular weight excluding hydrogens is 224 g/mol. The minimum atomic E-state index is -1.52. The molecule has 0 radical (unpaired) electrons. The molecule has 0 saturated carbocycles. The van der Waals surface area contributed by atoms with Gasteiger partial charge in [0.25, 0.3) is 16.6 Å². The van der Waals surface area contributed by atoms with Gasteiger partial charge in [-0.25, -0.2) is 0 Å². The Labute approximate surface area is 94.6 Å². The van der Waals surface area contributed by atoms with Gasteiger partial charge in [-0.2, -0.15) is 0 Å². The summed E-state index contributed by atoms with van der Waals surface area (Å²) in [5, 5.41) is 7.76. The van der Waals surface area contributed by atoms with Crippen LogP contribution in [0.2, 0.25) is 39.3 Å². The van der Waals surface area contributed by atoms with Gasteiger partial charge in [-0.3, -0.25) is 0 Å². The molecule has 6 heteroatoms. The average Bonchev–Trinajstić information content (AvgIpc) is 1.98. The van der Waals surface area contributed by atoms with Crippen LogP contribution in [0.5, 0.6) is 0 Å². The van der Waals surface area contributed by atoms with Crippen molar-refractivity contribution in [3.8, 4) is 0 Å². The van der Waals surface area contributed by atoms with Gasteiger partial charge in [0.05, 0.1) is 0 Å². The molecule has 0 bridgehead atoms. The molecule has 4 nitrogen and oxygen atoms in total. The molecule has 0 spiro atoms. The lowest BCUT2D eigenvalue weighted by atomic mass is 10.5. The van der Waals surface area contributed by atoms with E-state index in [0.29, 0.717) is 6.42 Å². The quantitative estimate of drug-likeness (QED) is 0.411. The Balaban J connectivity index is 3.62. The molecule has 88 valence electrons. The number of hydrogen-bond donors (Lipinski definition) is 0. The average molecular weight is 246 g/mol. The predicted molar refractivity (Wildman–Crippen MR) is 70.5 cm³/mol. The van der Waals surface area contributed by atoms with Gasteiger partial charge in [-0.1, -0.05) is 0 Å². The van der Waals surface area contributed by atoms with Crippen molar-refractivity contribution in [3.63, 3.8) is 0 Å². The van der Waals surface area contributed by atoms with E-state index in [4.69, 9.17) is 9.05 Å². The Bertz CT molecular complexity index is 205. The molecule has 0 rings (SSSR count). The molecule has 0 aliphatic rings. The second kappa shape index (κ2) is 6.07. The summed E-state index contributed by atoms with van der Waals surface area (Å²) in [6, 6.07) is 0. The van der Waals surface area contributed by atoms with Crippen molar-refractivity contribution in [2.45, 2.75) is 45.7 Å². The van der Waals surface area contributed by atoms with Crippen molar-refractivity contribution in [1.29, 1.82) is 0 Å². The first-order valence-corrected chi connectivity index (χ1v) is 11.9. The molecule has 0 fully saturated rings. The van der Waals surface area contributed by atoms with E-state index in [1.165, 1.54) is 0 Å². The van der Waals surface area contributed by atoms with Gasteiger partial charge in [0.1, 0.15) is 0 Å². The van der Waals surface area contributed by atoms with E-state index in [0.717, 1.165) is 0 Å². The predicted octanol–water partition coefficient (Wildman–Crippen LogP) is 3.05. The third-order valence-electron chi connectivity index (χ3n) is 1.01. The SMILES string of the molecule is C[Si](C)(C)ON=CCC=NO[Si](C)(C)C. The van der Waals surface area contributed by atoms with E-state index in [1.807, 2.05) is 0 Å². The highest BCUT2D eigenvalue weighted by atomic mass is 28.4. The fourth-order valence-electron chi connectivity index (χ4n) is 0.524.